The van der Waals surface area contributed by atoms with Crippen LogP contribution in [0.25, 0.3) is 0 Å². The van der Waals surface area contributed by atoms with Crippen LogP contribution in [0, 0.1) is 0 Å². The third kappa shape index (κ3) is 3.20. The molecule has 7 heteroatoms. The van der Waals surface area contributed by atoms with Gasteiger partial charge in [-0.3, -0.25) is 14.5 Å². The fourth-order valence-electron chi connectivity index (χ4n) is 4.18. The van der Waals surface area contributed by atoms with Crippen LogP contribution >= 0.6 is 0 Å². The van der Waals surface area contributed by atoms with Crippen molar-refractivity contribution in [2.24, 2.45) is 0 Å². The van der Waals surface area contributed by atoms with Gasteiger partial charge in [-0.2, -0.15) is 0 Å². The number of nitrogens with one attached hydrogen (secondary N) is 1. The molecule has 3 amide bonds. The van der Waals surface area contributed by atoms with E-state index in [2.05, 4.69) is 5.32 Å². The summed E-state index contributed by atoms with van der Waals surface area (Å²) in [5.74, 6) is 0.0397. The smallest absolute Gasteiger partial charge is 0.325 e. The Hall–Kier alpha value is -3.35. The Bertz CT molecular complexity index is 1050. The van der Waals surface area contributed by atoms with Crippen LogP contribution in [-0.2, 0) is 23.2 Å². The number of aryl methyl sites for hydroxylation is 2. The van der Waals surface area contributed by atoms with Crippen LogP contribution in [0.2, 0.25) is 0 Å². The van der Waals surface area contributed by atoms with E-state index in [1.807, 2.05) is 18.2 Å². The van der Waals surface area contributed by atoms with Crippen molar-refractivity contribution in [3.05, 3.63) is 58.7 Å². The van der Waals surface area contributed by atoms with Crippen LogP contribution in [0.1, 0.15) is 40.4 Å². The number of Topliss-reactive ketones (excluding diaryl/α,β-unsaturated/α-hetero) is 1. The van der Waals surface area contributed by atoms with E-state index in [4.69, 9.17) is 9.47 Å². The molecule has 2 aliphatic rings. The number of rotatable bonds is 6. The number of benzene rings is 2. The Morgan fingerprint density at radius 2 is 1.83 bits per heavy atom. The highest BCUT2D eigenvalue weighted by atomic mass is 16.5. The summed E-state index contributed by atoms with van der Waals surface area (Å²) in [5, 5.41) is 2.78. The summed E-state index contributed by atoms with van der Waals surface area (Å²) in [6.45, 7) is 1.32. The molecule has 1 fully saturated rings. The average molecular weight is 408 g/mol. The molecule has 7 nitrogen and oxygen atoms in total. The first kappa shape index (κ1) is 19.9. The molecule has 156 valence electrons. The standard InChI is InChI=1S/C23H24N2O5/c1-23(16-8-7-14-5-4-6-15(14)11-16)21(27)25(22(28)24-23)13-19(26)18-10-9-17(29-2)12-20(18)30-3/h7-12H,4-6,13H2,1-3H3,(H,24,28)/t23-/m0/s1. The Morgan fingerprint density at radius 3 is 2.57 bits per heavy atom. The first-order valence-corrected chi connectivity index (χ1v) is 9.89. The molecular weight excluding hydrogens is 384 g/mol. The molecule has 4 rings (SSSR count). The zero-order valence-electron chi connectivity index (χ0n) is 17.3. The van der Waals surface area contributed by atoms with Crippen LogP contribution in [0.15, 0.2) is 36.4 Å². The summed E-state index contributed by atoms with van der Waals surface area (Å²) in [6, 6.07) is 10.1. The highest BCUT2D eigenvalue weighted by Crippen LogP contribution is 2.33. The topological polar surface area (TPSA) is 84.9 Å². The van der Waals surface area contributed by atoms with Gasteiger partial charge in [-0.05, 0) is 55.0 Å². The van der Waals surface area contributed by atoms with E-state index < -0.39 is 23.3 Å². The lowest BCUT2D eigenvalue weighted by atomic mass is 9.89. The molecular formula is C23H24N2O5. The molecule has 1 aliphatic carbocycles. The molecule has 30 heavy (non-hydrogen) atoms. The third-order valence-corrected chi connectivity index (χ3v) is 5.96. The van der Waals surface area contributed by atoms with Gasteiger partial charge in [0, 0.05) is 6.07 Å². The lowest BCUT2D eigenvalue weighted by Gasteiger charge is -2.23. The van der Waals surface area contributed by atoms with Gasteiger partial charge in [-0.1, -0.05) is 18.2 Å². The van der Waals surface area contributed by atoms with Gasteiger partial charge in [-0.25, -0.2) is 4.79 Å². The quantitative estimate of drug-likeness (QED) is 0.587. The van der Waals surface area contributed by atoms with Gasteiger partial charge in [0.2, 0.25) is 0 Å². The predicted molar refractivity (Wildman–Crippen MR) is 110 cm³/mol. The summed E-state index contributed by atoms with van der Waals surface area (Å²) < 4.78 is 10.4. The molecule has 1 heterocycles. The van der Waals surface area contributed by atoms with Crippen molar-refractivity contribution < 1.29 is 23.9 Å². The van der Waals surface area contributed by atoms with Gasteiger partial charge >= 0.3 is 6.03 Å². The number of imide groups is 1. The van der Waals surface area contributed by atoms with Crippen molar-refractivity contribution in [2.45, 2.75) is 31.7 Å². The summed E-state index contributed by atoms with van der Waals surface area (Å²) in [7, 11) is 2.97. The number of hydrogen-bond donors (Lipinski definition) is 1. The number of ketones is 1. The minimum atomic E-state index is -1.20. The van der Waals surface area contributed by atoms with E-state index in [0.29, 0.717) is 11.5 Å². The highest BCUT2D eigenvalue weighted by molar-refractivity contribution is 6.11. The zero-order valence-corrected chi connectivity index (χ0v) is 17.3. The minimum Gasteiger partial charge on any atom is -0.497 e. The Balaban J connectivity index is 1.58. The number of ether oxygens (including phenoxy) is 2. The third-order valence-electron chi connectivity index (χ3n) is 5.96. The SMILES string of the molecule is COc1ccc(C(=O)CN2C(=O)N[C@@](C)(c3ccc4c(c3)CCC4)C2=O)c(OC)c1. The molecule has 0 saturated carbocycles. The van der Waals surface area contributed by atoms with Crippen LogP contribution in [0.4, 0.5) is 4.79 Å². The lowest BCUT2D eigenvalue weighted by molar-refractivity contribution is -0.130. The number of methoxy groups -OCH3 is 2. The first-order valence-electron chi connectivity index (χ1n) is 9.89. The van der Waals surface area contributed by atoms with Crippen LogP contribution in [0.5, 0.6) is 11.5 Å². The molecule has 0 radical (unpaired) electrons. The van der Waals surface area contributed by atoms with E-state index in [1.165, 1.54) is 25.3 Å². The molecule has 1 saturated heterocycles. The first-order chi connectivity index (χ1) is 14.4. The number of fused-ring (bicyclic) bond motifs is 1. The molecule has 1 N–H and O–H groups in total. The maximum Gasteiger partial charge on any atom is 0.325 e. The fourth-order valence-corrected chi connectivity index (χ4v) is 4.18. The second-order valence-corrected chi connectivity index (χ2v) is 7.77. The molecule has 2 aromatic rings. The fraction of sp³-hybridized carbons (Fsp3) is 0.348. The average Bonchev–Trinajstić information content (AvgIpc) is 3.31. The van der Waals surface area contributed by atoms with Gasteiger partial charge in [0.1, 0.15) is 17.0 Å². The largest absolute Gasteiger partial charge is 0.497 e. The van der Waals surface area contributed by atoms with Crippen molar-refractivity contribution in [1.82, 2.24) is 10.2 Å². The van der Waals surface area contributed by atoms with Gasteiger partial charge in [0.15, 0.2) is 5.78 Å². The van der Waals surface area contributed by atoms with Crippen molar-refractivity contribution in [1.29, 1.82) is 0 Å². The number of amides is 3. The van der Waals surface area contributed by atoms with E-state index in [-0.39, 0.29) is 12.1 Å². The van der Waals surface area contributed by atoms with Crippen molar-refractivity contribution in [2.75, 3.05) is 20.8 Å². The molecule has 0 spiro atoms. The Morgan fingerprint density at radius 1 is 1.07 bits per heavy atom. The number of urea groups is 1. The van der Waals surface area contributed by atoms with E-state index in [1.54, 1.807) is 25.1 Å². The molecule has 0 unspecified atom stereocenters. The number of carbonyl (C=O) groups is 3. The number of hydrogen-bond acceptors (Lipinski definition) is 5. The Kier molecular flexibility index (Phi) is 4.97. The maximum absolute atomic E-state index is 13.2. The minimum absolute atomic E-state index is 0.282. The van der Waals surface area contributed by atoms with Crippen molar-refractivity contribution >= 4 is 17.7 Å². The normalized spacial score (nSPS) is 20.2. The van der Waals surface area contributed by atoms with Crippen LogP contribution in [-0.4, -0.2) is 43.4 Å². The summed E-state index contributed by atoms with van der Waals surface area (Å²) in [6.07, 6.45) is 3.11. The molecule has 0 bridgehead atoms. The number of carbonyl (C=O) groups excluding carboxylic acids is 3. The summed E-state index contributed by atoms with van der Waals surface area (Å²) in [5.41, 5.74) is 2.33. The highest BCUT2D eigenvalue weighted by Gasteiger charge is 2.49. The second kappa shape index (κ2) is 7.48. The Labute approximate surface area is 175 Å². The monoisotopic (exact) mass is 408 g/mol. The van der Waals surface area contributed by atoms with Gasteiger partial charge in [-0.15, -0.1) is 0 Å². The van der Waals surface area contributed by atoms with Crippen LogP contribution < -0.4 is 14.8 Å². The maximum atomic E-state index is 13.2. The molecule has 1 aliphatic heterocycles. The van der Waals surface area contributed by atoms with E-state index in [9.17, 15) is 14.4 Å². The van der Waals surface area contributed by atoms with Gasteiger partial charge in [0.05, 0.1) is 26.3 Å². The predicted octanol–water partition coefficient (Wildman–Crippen LogP) is 2.84. The van der Waals surface area contributed by atoms with E-state index >= 15 is 0 Å². The van der Waals surface area contributed by atoms with Crippen LogP contribution in [0.3, 0.4) is 0 Å². The zero-order chi connectivity index (χ0) is 21.5. The molecule has 0 aromatic heterocycles. The van der Waals surface area contributed by atoms with Crippen molar-refractivity contribution in [3.8, 4) is 11.5 Å². The summed E-state index contributed by atoms with van der Waals surface area (Å²) in [4.78, 5) is 39.7. The van der Waals surface area contributed by atoms with Crippen molar-refractivity contribution in [3.63, 3.8) is 0 Å². The number of nitrogens with zero attached hydrogens (tertiary/aromatic N) is 1. The lowest BCUT2D eigenvalue weighted by Crippen LogP contribution is -2.41. The molecule has 2 aromatic carbocycles. The second-order valence-electron chi connectivity index (χ2n) is 7.77. The molecule has 1 atom stereocenters. The van der Waals surface area contributed by atoms with Gasteiger partial charge in [0.25, 0.3) is 5.91 Å². The van der Waals surface area contributed by atoms with E-state index in [0.717, 1.165) is 29.7 Å². The summed E-state index contributed by atoms with van der Waals surface area (Å²) >= 11 is 0. The van der Waals surface area contributed by atoms with Gasteiger partial charge < -0.3 is 14.8 Å².